The van der Waals surface area contributed by atoms with Crippen molar-refractivity contribution >= 4 is 16.0 Å². The maximum absolute atomic E-state index is 11.7. The molecule has 0 saturated heterocycles. The Morgan fingerprint density at radius 2 is 2.05 bits per heavy atom. The summed E-state index contributed by atoms with van der Waals surface area (Å²) in [6, 6.07) is 7.07. The fourth-order valence-corrected chi connectivity index (χ4v) is 2.39. The summed E-state index contributed by atoms with van der Waals surface area (Å²) in [6.45, 7) is 4.54. The van der Waals surface area contributed by atoms with E-state index < -0.39 is 10.0 Å². The lowest BCUT2D eigenvalue weighted by molar-refractivity contribution is 0.588. The zero-order valence-corrected chi connectivity index (χ0v) is 13.1. The van der Waals surface area contributed by atoms with Crippen LogP contribution >= 0.6 is 0 Å². The van der Waals surface area contributed by atoms with Crippen LogP contribution in [0.5, 0.6) is 0 Å². The molecule has 1 aromatic carbocycles. The van der Waals surface area contributed by atoms with Gasteiger partial charge in [0.15, 0.2) is 5.96 Å². The van der Waals surface area contributed by atoms with Crippen molar-refractivity contribution in [1.82, 2.24) is 15.4 Å². The van der Waals surface area contributed by atoms with E-state index in [1.165, 1.54) is 7.05 Å². The Balaban J connectivity index is 2.77. The zero-order valence-electron chi connectivity index (χ0n) is 12.3. The van der Waals surface area contributed by atoms with Crippen molar-refractivity contribution in [3.63, 3.8) is 0 Å². The number of hydrogen-bond donors (Lipinski definition) is 3. The largest absolute Gasteiger partial charge is 0.354 e. The van der Waals surface area contributed by atoms with Gasteiger partial charge in [0.1, 0.15) is 0 Å². The third-order valence-corrected chi connectivity index (χ3v) is 4.00. The molecule has 20 heavy (non-hydrogen) atoms. The Labute approximate surface area is 120 Å². The van der Waals surface area contributed by atoms with E-state index in [0.717, 1.165) is 5.56 Å². The number of nitrogens with one attached hydrogen (secondary N) is 3. The van der Waals surface area contributed by atoms with Crippen LogP contribution in [0, 0.1) is 0 Å². The first-order chi connectivity index (χ1) is 9.39. The summed E-state index contributed by atoms with van der Waals surface area (Å²) in [5.41, 5.74) is 0.869. The highest BCUT2D eigenvalue weighted by molar-refractivity contribution is 7.89. The molecule has 0 saturated carbocycles. The van der Waals surface area contributed by atoms with E-state index in [1.807, 2.05) is 19.9 Å². The van der Waals surface area contributed by atoms with Crippen molar-refractivity contribution in [3.8, 4) is 0 Å². The number of nitrogens with zero attached hydrogens (tertiary/aromatic N) is 1. The first kappa shape index (κ1) is 16.5. The van der Waals surface area contributed by atoms with E-state index in [1.54, 1.807) is 25.2 Å². The van der Waals surface area contributed by atoms with Crippen LogP contribution in [-0.2, 0) is 16.6 Å². The summed E-state index contributed by atoms with van der Waals surface area (Å²) in [5.74, 6) is 0.682. The van der Waals surface area contributed by atoms with Gasteiger partial charge in [-0.15, -0.1) is 0 Å². The number of rotatable bonds is 5. The lowest BCUT2D eigenvalue weighted by Crippen LogP contribution is -2.40. The maximum atomic E-state index is 11.7. The molecule has 0 radical (unpaired) electrons. The number of hydrogen-bond acceptors (Lipinski definition) is 3. The number of guanidine groups is 1. The second kappa shape index (κ2) is 7.25. The molecule has 0 aromatic heterocycles. The van der Waals surface area contributed by atoms with Gasteiger partial charge < -0.3 is 10.6 Å². The van der Waals surface area contributed by atoms with Crippen molar-refractivity contribution in [2.45, 2.75) is 31.3 Å². The van der Waals surface area contributed by atoms with E-state index in [4.69, 9.17) is 0 Å². The van der Waals surface area contributed by atoms with E-state index in [2.05, 4.69) is 20.3 Å². The average molecular weight is 298 g/mol. The summed E-state index contributed by atoms with van der Waals surface area (Å²) in [4.78, 5) is 4.35. The van der Waals surface area contributed by atoms with Crippen molar-refractivity contribution in [3.05, 3.63) is 29.8 Å². The quantitative estimate of drug-likeness (QED) is 0.551. The van der Waals surface area contributed by atoms with Crippen molar-refractivity contribution in [1.29, 1.82) is 0 Å². The van der Waals surface area contributed by atoms with Crippen LogP contribution in [0.2, 0.25) is 0 Å². The Kier molecular flexibility index (Phi) is 5.97. The SMILES string of the molecule is CN=C(NCc1cccc(S(=O)(=O)NC)c1)NC(C)C. The van der Waals surface area contributed by atoms with E-state index in [-0.39, 0.29) is 10.9 Å². The van der Waals surface area contributed by atoms with Crippen molar-refractivity contribution in [2.24, 2.45) is 4.99 Å². The molecule has 6 nitrogen and oxygen atoms in total. The summed E-state index contributed by atoms with van der Waals surface area (Å²) in [7, 11) is -0.316. The summed E-state index contributed by atoms with van der Waals surface area (Å²) in [6.07, 6.45) is 0. The molecule has 0 aliphatic carbocycles. The summed E-state index contributed by atoms with van der Waals surface area (Å²) >= 11 is 0. The van der Waals surface area contributed by atoms with Crippen LogP contribution < -0.4 is 15.4 Å². The normalized spacial score (nSPS) is 12.6. The predicted molar refractivity (Wildman–Crippen MR) is 81.2 cm³/mol. The molecule has 0 unspecified atom stereocenters. The molecule has 112 valence electrons. The Morgan fingerprint density at radius 1 is 1.35 bits per heavy atom. The van der Waals surface area contributed by atoms with Crippen LogP contribution in [-0.4, -0.2) is 34.5 Å². The third kappa shape index (κ3) is 4.82. The first-order valence-corrected chi connectivity index (χ1v) is 7.87. The maximum Gasteiger partial charge on any atom is 0.240 e. The number of aliphatic imine (C=N–C) groups is 1. The topological polar surface area (TPSA) is 82.6 Å². The van der Waals surface area contributed by atoms with Crippen LogP contribution in [0.25, 0.3) is 0 Å². The summed E-state index contributed by atoms with van der Waals surface area (Å²) in [5, 5.41) is 6.30. The van der Waals surface area contributed by atoms with E-state index in [0.29, 0.717) is 12.5 Å². The fourth-order valence-electron chi connectivity index (χ4n) is 1.59. The molecule has 0 bridgehead atoms. The van der Waals surface area contributed by atoms with Crippen LogP contribution in [0.15, 0.2) is 34.2 Å². The van der Waals surface area contributed by atoms with Gasteiger partial charge in [-0.25, -0.2) is 13.1 Å². The molecular formula is C13H22N4O2S. The molecule has 0 spiro atoms. The zero-order chi connectivity index (χ0) is 15.2. The fraction of sp³-hybridized carbons (Fsp3) is 0.462. The molecule has 0 aliphatic rings. The average Bonchev–Trinajstić information content (AvgIpc) is 2.43. The monoisotopic (exact) mass is 298 g/mol. The molecule has 0 aliphatic heterocycles. The van der Waals surface area contributed by atoms with Gasteiger partial charge in [-0.2, -0.15) is 0 Å². The number of sulfonamides is 1. The lowest BCUT2D eigenvalue weighted by Gasteiger charge is -2.14. The second-order valence-corrected chi connectivity index (χ2v) is 6.47. The molecule has 0 fully saturated rings. The van der Waals surface area contributed by atoms with Crippen molar-refractivity contribution in [2.75, 3.05) is 14.1 Å². The van der Waals surface area contributed by atoms with Gasteiger partial charge >= 0.3 is 0 Å². The van der Waals surface area contributed by atoms with Gasteiger partial charge in [-0.05, 0) is 38.6 Å². The minimum absolute atomic E-state index is 0.256. The Morgan fingerprint density at radius 3 is 2.60 bits per heavy atom. The first-order valence-electron chi connectivity index (χ1n) is 6.38. The Bertz CT molecular complexity index is 567. The van der Waals surface area contributed by atoms with Gasteiger partial charge in [0, 0.05) is 19.6 Å². The Hall–Kier alpha value is -1.60. The smallest absolute Gasteiger partial charge is 0.240 e. The highest BCUT2D eigenvalue weighted by atomic mass is 32.2. The van der Waals surface area contributed by atoms with Gasteiger partial charge in [-0.1, -0.05) is 12.1 Å². The molecule has 0 amide bonds. The van der Waals surface area contributed by atoms with Gasteiger partial charge in [0.05, 0.1) is 4.90 Å². The highest BCUT2D eigenvalue weighted by Crippen LogP contribution is 2.10. The minimum atomic E-state index is -3.41. The minimum Gasteiger partial charge on any atom is -0.354 e. The second-order valence-electron chi connectivity index (χ2n) is 4.58. The summed E-state index contributed by atoms with van der Waals surface area (Å²) < 4.78 is 25.8. The molecule has 1 aromatic rings. The van der Waals surface area contributed by atoms with E-state index >= 15 is 0 Å². The van der Waals surface area contributed by atoms with Gasteiger partial charge in [0.2, 0.25) is 10.0 Å². The third-order valence-electron chi connectivity index (χ3n) is 2.59. The molecule has 0 heterocycles. The van der Waals surface area contributed by atoms with Crippen LogP contribution in [0.1, 0.15) is 19.4 Å². The van der Waals surface area contributed by atoms with Crippen LogP contribution in [0.4, 0.5) is 0 Å². The lowest BCUT2D eigenvalue weighted by atomic mass is 10.2. The van der Waals surface area contributed by atoms with Gasteiger partial charge in [0.25, 0.3) is 0 Å². The van der Waals surface area contributed by atoms with Gasteiger partial charge in [-0.3, -0.25) is 4.99 Å². The number of benzene rings is 1. The van der Waals surface area contributed by atoms with Crippen LogP contribution in [0.3, 0.4) is 0 Å². The molecule has 1 rings (SSSR count). The molecule has 7 heteroatoms. The predicted octanol–water partition coefficient (Wildman–Crippen LogP) is 0.668. The van der Waals surface area contributed by atoms with E-state index in [9.17, 15) is 8.42 Å². The standard InChI is InChI=1S/C13H22N4O2S/c1-10(2)17-13(14-3)16-9-11-6-5-7-12(8-11)20(18,19)15-4/h5-8,10,15H,9H2,1-4H3,(H2,14,16,17). The van der Waals surface area contributed by atoms with Crippen molar-refractivity contribution < 1.29 is 8.42 Å². The molecular weight excluding hydrogens is 276 g/mol. The molecule has 0 atom stereocenters. The molecule has 3 N–H and O–H groups in total. The highest BCUT2D eigenvalue weighted by Gasteiger charge is 2.11.